The van der Waals surface area contributed by atoms with E-state index in [-0.39, 0.29) is 17.9 Å². The zero-order valence-electron chi connectivity index (χ0n) is 18.0. The molecule has 0 aliphatic carbocycles. The van der Waals surface area contributed by atoms with Gasteiger partial charge in [-0.05, 0) is 44.4 Å². The van der Waals surface area contributed by atoms with Crippen LogP contribution in [0.4, 0.5) is 20.7 Å². The number of hydrogen-bond donors (Lipinski definition) is 2. The highest BCUT2D eigenvalue weighted by molar-refractivity contribution is 5.99. The highest BCUT2D eigenvalue weighted by Gasteiger charge is 2.34. The van der Waals surface area contributed by atoms with E-state index in [9.17, 15) is 18.8 Å². The van der Waals surface area contributed by atoms with Crippen LogP contribution in [-0.4, -0.2) is 63.1 Å². The van der Waals surface area contributed by atoms with Crippen molar-refractivity contribution >= 4 is 29.4 Å². The smallest absolute Gasteiger partial charge is 0.324 e. The first-order valence-electron chi connectivity index (χ1n) is 10.9. The molecule has 4 rings (SSSR count). The Morgan fingerprint density at radius 1 is 1.16 bits per heavy atom. The molecule has 1 unspecified atom stereocenters. The Morgan fingerprint density at radius 2 is 1.94 bits per heavy atom. The second-order valence-electron chi connectivity index (χ2n) is 8.17. The maximum Gasteiger partial charge on any atom is 0.324 e. The van der Waals surface area contributed by atoms with Crippen LogP contribution in [-0.2, 0) is 9.59 Å². The molecule has 1 aromatic carbocycles. The first kappa shape index (κ1) is 21.8. The summed E-state index contributed by atoms with van der Waals surface area (Å²) in [4.78, 5) is 40.6. The average molecular weight is 442 g/mol. The predicted octanol–water partition coefficient (Wildman–Crippen LogP) is 2.84. The van der Waals surface area contributed by atoms with Gasteiger partial charge in [-0.25, -0.2) is 13.9 Å². The van der Waals surface area contributed by atoms with Crippen LogP contribution in [0.3, 0.4) is 0 Å². The van der Waals surface area contributed by atoms with Gasteiger partial charge in [0.1, 0.15) is 17.7 Å². The van der Waals surface area contributed by atoms with Gasteiger partial charge in [0.15, 0.2) is 0 Å². The standard InChI is InChI=1S/C22H27FN6O3/c1-15(28-11-3-6-20(28)30)21(31)27-12-8-18(9-13-27)29-19(7-10-24-29)26-22(32)25-17-5-2-4-16(23)14-17/h2,4-5,7,10,14-15,18H,3,6,8-9,11-13H2,1H3,(H2,25,26,32). The first-order valence-corrected chi connectivity index (χ1v) is 10.9. The second-order valence-corrected chi connectivity index (χ2v) is 8.17. The van der Waals surface area contributed by atoms with Gasteiger partial charge in [0.05, 0.1) is 12.2 Å². The lowest BCUT2D eigenvalue weighted by atomic mass is 10.0. The summed E-state index contributed by atoms with van der Waals surface area (Å²) in [7, 11) is 0. The molecule has 1 aromatic heterocycles. The lowest BCUT2D eigenvalue weighted by Gasteiger charge is -2.36. The molecule has 2 aliphatic rings. The van der Waals surface area contributed by atoms with Crippen molar-refractivity contribution in [2.45, 2.75) is 44.7 Å². The summed E-state index contributed by atoms with van der Waals surface area (Å²) in [6.45, 7) is 3.56. The molecule has 3 heterocycles. The van der Waals surface area contributed by atoms with Gasteiger partial charge < -0.3 is 15.1 Å². The molecule has 0 radical (unpaired) electrons. The van der Waals surface area contributed by atoms with Crippen LogP contribution >= 0.6 is 0 Å². The van der Waals surface area contributed by atoms with Crippen LogP contribution in [0.15, 0.2) is 36.5 Å². The number of aromatic nitrogens is 2. The van der Waals surface area contributed by atoms with Gasteiger partial charge in [-0.3, -0.25) is 14.9 Å². The van der Waals surface area contributed by atoms with Crippen molar-refractivity contribution in [2.24, 2.45) is 0 Å². The molecule has 0 spiro atoms. The van der Waals surface area contributed by atoms with Gasteiger partial charge in [-0.1, -0.05) is 6.07 Å². The molecule has 2 N–H and O–H groups in total. The largest absolute Gasteiger partial charge is 0.341 e. The molecule has 2 aromatic rings. The third-order valence-corrected chi connectivity index (χ3v) is 6.05. The van der Waals surface area contributed by atoms with Crippen molar-refractivity contribution in [2.75, 3.05) is 30.3 Å². The topological polar surface area (TPSA) is 99.6 Å². The van der Waals surface area contributed by atoms with Gasteiger partial charge in [-0.15, -0.1) is 0 Å². The van der Waals surface area contributed by atoms with Crippen molar-refractivity contribution in [1.29, 1.82) is 0 Å². The molecule has 2 aliphatic heterocycles. The Bertz CT molecular complexity index is 1000. The Hall–Kier alpha value is -3.43. The van der Waals surface area contributed by atoms with E-state index in [2.05, 4.69) is 15.7 Å². The third-order valence-electron chi connectivity index (χ3n) is 6.05. The molecule has 170 valence electrons. The van der Waals surface area contributed by atoms with Crippen molar-refractivity contribution in [3.63, 3.8) is 0 Å². The molecular weight excluding hydrogens is 415 g/mol. The summed E-state index contributed by atoms with van der Waals surface area (Å²) >= 11 is 0. The van der Waals surface area contributed by atoms with Crippen molar-refractivity contribution < 1.29 is 18.8 Å². The summed E-state index contributed by atoms with van der Waals surface area (Å²) in [6.07, 6.45) is 4.31. The number of piperidine rings is 1. The van der Waals surface area contributed by atoms with Crippen LogP contribution in [0.1, 0.15) is 38.6 Å². The van der Waals surface area contributed by atoms with Crippen LogP contribution in [0.25, 0.3) is 0 Å². The minimum Gasteiger partial charge on any atom is -0.341 e. The Balaban J connectivity index is 1.32. The fourth-order valence-corrected chi connectivity index (χ4v) is 4.36. The number of hydrogen-bond acceptors (Lipinski definition) is 4. The highest BCUT2D eigenvalue weighted by Crippen LogP contribution is 2.26. The quantitative estimate of drug-likeness (QED) is 0.744. The summed E-state index contributed by atoms with van der Waals surface area (Å²) in [5.41, 5.74) is 0.353. The Kier molecular flexibility index (Phi) is 6.38. The lowest BCUT2D eigenvalue weighted by molar-refractivity contribution is -0.143. The number of carbonyl (C=O) groups excluding carboxylic acids is 3. The monoisotopic (exact) mass is 442 g/mol. The molecule has 10 heteroatoms. The summed E-state index contributed by atoms with van der Waals surface area (Å²) < 4.78 is 15.1. The molecule has 0 saturated carbocycles. The van der Waals surface area contributed by atoms with Crippen molar-refractivity contribution in [3.8, 4) is 0 Å². The fraction of sp³-hybridized carbons (Fsp3) is 0.455. The summed E-state index contributed by atoms with van der Waals surface area (Å²) in [5, 5.41) is 9.70. The van der Waals surface area contributed by atoms with E-state index in [0.29, 0.717) is 50.4 Å². The number of anilines is 2. The number of benzene rings is 1. The van der Waals surface area contributed by atoms with Gasteiger partial charge in [0.25, 0.3) is 0 Å². The van der Waals surface area contributed by atoms with E-state index in [0.717, 1.165) is 6.42 Å². The zero-order valence-corrected chi connectivity index (χ0v) is 18.0. The van der Waals surface area contributed by atoms with Crippen LogP contribution in [0.2, 0.25) is 0 Å². The van der Waals surface area contributed by atoms with Gasteiger partial charge in [-0.2, -0.15) is 5.10 Å². The van der Waals surface area contributed by atoms with E-state index in [1.165, 1.54) is 18.2 Å². The Morgan fingerprint density at radius 3 is 2.62 bits per heavy atom. The molecule has 0 bridgehead atoms. The third kappa shape index (κ3) is 4.74. The van der Waals surface area contributed by atoms with Crippen LogP contribution < -0.4 is 10.6 Å². The van der Waals surface area contributed by atoms with Crippen LogP contribution in [0.5, 0.6) is 0 Å². The maximum atomic E-state index is 13.3. The molecule has 1 atom stereocenters. The van der Waals surface area contributed by atoms with Crippen molar-refractivity contribution in [1.82, 2.24) is 19.6 Å². The van der Waals surface area contributed by atoms with Gasteiger partial charge >= 0.3 is 6.03 Å². The van der Waals surface area contributed by atoms with E-state index in [4.69, 9.17) is 0 Å². The van der Waals surface area contributed by atoms with E-state index < -0.39 is 17.9 Å². The SMILES string of the molecule is CC(C(=O)N1CCC(n2nccc2NC(=O)Nc2cccc(F)c2)CC1)N1CCCC1=O. The Labute approximate surface area is 185 Å². The fourth-order valence-electron chi connectivity index (χ4n) is 4.36. The number of nitrogens with zero attached hydrogens (tertiary/aromatic N) is 4. The number of likely N-dealkylation sites (tertiary alicyclic amines) is 2. The molecule has 32 heavy (non-hydrogen) atoms. The normalized spacial score (nSPS) is 18.0. The number of nitrogens with one attached hydrogen (secondary N) is 2. The number of amides is 4. The lowest BCUT2D eigenvalue weighted by Crippen LogP contribution is -2.50. The molecule has 4 amide bonds. The maximum absolute atomic E-state index is 13.3. The second kappa shape index (κ2) is 9.37. The van der Waals surface area contributed by atoms with Crippen LogP contribution in [0, 0.1) is 5.82 Å². The highest BCUT2D eigenvalue weighted by atomic mass is 19.1. The molecule has 9 nitrogen and oxygen atoms in total. The number of rotatable bonds is 5. The molecular formula is C22H27FN6O3. The number of urea groups is 1. The van der Waals surface area contributed by atoms with E-state index in [1.54, 1.807) is 39.7 Å². The number of halogens is 1. The summed E-state index contributed by atoms with van der Waals surface area (Å²) in [6, 6.07) is 6.46. The van der Waals surface area contributed by atoms with Gasteiger partial charge in [0.2, 0.25) is 11.8 Å². The zero-order chi connectivity index (χ0) is 22.7. The van der Waals surface area contributed by atoms with Crippen molar-refractivity contribution in [3.05, 3.63) is 42.3 Å². The average Bonchev–Trinajstić information content (AvgIpc) is 3.41. The first-order chi connectivity index (χ1) is 15.4. The molecule has 2 saturated heterocycles. The minimum absolute atomic E-state index is 0.0213. The summed E-state index contributed by atoms with van der Waals surface area (Å²) in [5.74, 6) is 0.119. The van der Waals surface area contributed by atoms with Gasteiger partial charge in [0, 0.05) is 37.8 Å². The predicted molar refractivity (Wildman–Crippen MR) is 117 cm³/mol. The molecule has 2 fully saturated rings. The minimum atomic E-state index is -0.492. The van der Waals surface area contributed by atoms with E-state index >= 15 is 0 Å². The van der Waals surface area contributed by atoms with E-state index in [1.807, 2.05) is 0 Å². The number of carbonyl (C=O) groups is 3.